The summed E-state index contributed by atoms with van der Waals surface area (Å²) < 4.78 is 0. The Morgan fingerprint density at radius 1 is 1.37 bits per heavy atom. The number of carbonyl (C=O) groups is 1. The molecule has 19 heavy (non-hydrogen) atoms. The Balaban J connectivity index is 1.99. The molecule has 104 valence electrons. The van der Waals surface area contributed by atoms with Crippen LogP contribution < -0.4 is 5.32 Å². The number of aryl methyl sites for hydroxylation is 1. The predicted octanol–water partition coefficient (Wildman–Crippen LogP) is 1.66. The van der Waals surface area contributed by atoms with Gasteiger partial charge in [0.1, 0.15) is 5.75 Å². The highest BCUT2D eigenvalue weighted by Crippen LogP contribution is 2.29. The van der Waals surface area contributed by atoms with E-state index in [0.717, 1.165) is 36.8 Å². The Labute approximate surface area is 113 Å². The van der Waals surface area contributed by atoms with Gasteiger partial charge in [-0.05, 0) is 37.0 Å². The van der Waals surface area contributed by atoms with Crippen molar-refractivity contribution in [2.75, 3.05) is 6.61 Å². The number of aliphatic hydroxyl groups excluding tert-OH is 1. The smallest absolute Gasteiger partial charge is 0.224 e. The van der Waals surface area contributed by atoms with Crippen LogP contribution in [0.2, 0.25) is 0 Å². The van der Waals surface area contributed by atoms with Crippen LogP contribution >= 0.6 is 0 Å². The van der Waals surface area contributed by atoms with Crippen molar-refractivity contribution in [2.45, 2.75) is 44.6 Å². The third-order valence-electron chi connectivity index (χ3n) is 3.91. The van der Waals surface area contributed by atoms with Gasteiger partial charge in [0, 0.05) is 0 Å². The lowest BCUT2D eigenvalue weighted by Gasteiger charge is -2.28. The molecule has 1 aliphatic carbocycles. The van der Waals surface area contributed by atoms with Gasteiger partial charge in [0.2, 0.25) is 5.91 Å². The van der Waals surface area contributed by atoms with E-state index in [-0.39, 0.29) is 24.7 Å². The van der Waals surface area contributed by atoms with E-state index in [1.165, 1.54) is 0 Å². The molecule has 0 heterocycles. The number of hydrogen-bond acceptors (Lipinski definition) is 3. The molecule has 0 saturated heterocycles. The third kappa shape index (κ3) is 3.26. The Morgan fingerprint density at radius 3 is 2.63 bits per heavy atom. The molecule has 0 aliphatic heterocycles. The molecule has 0 unspecified atom stereocenters. The van der Waals surface area contributed by atoms with Gasteiger partial charge in [0.15, 0.2) is 0 Å². The standard InChI is InChI=1S/C15H21NO3/c1-11-4-5-12(8-13(11)18)9-14(19)16-15(10-17)6-2-3-7-15/h4-5,8,17-18H,2-3,6-7,9-10H2,1H3,(H,16,19). The molecule has 4 heteroatoms. The van der Waals surface area contributed by atoms with Crippen molar-refractivity contribution in [1.29, 1.82) is 0 Å². The number of phenols is 1. The number of rotatable bonds is 4. The van der Waals surface area contributed by atoms with E-state index in [4.69, 9.17) is 0 Å². The maximum Gasteiger partial charge on any atom is 0.224 e. The van der Waals surface area contributed by atoms with Crippen LogP contribution in [0.5, 0.6) is 5.75 Å². The molecule has 4 nitrogen and oxygen atoms in total. The summed E-state index contributed by atoms with van der Waals surface area (Å²) >= 11 is 0. The van der Waals surface area contributed by atoms with Gasteiger partial charge in [0.05, 0.1) is 18.6 Å². The van der Waals surface area contributed by atoms with E-state index in [1.807, 2.05) is 13.0 Å². The molecule has 1 aromatic carbocycles. The molecule has 1 aromatic rings. The van der Waals surface area contributed by atoms with Crippen LogP contribution in [-0.2, 0) is 11.2 Å². The van der Waals surface area contributed by atoms with Crippen molar-refractivity contribution >= 4 is 5.91 Å². The molecule has 1 aliphatic rings. The number of nitrogens with one attached hydrogen (secondary N) is 1. The summed E-state index contributed by atoms with van der Waals surface area (Å²) in [6.45, 7) is 1.82. The maximum atomic E-state index is 12.0. The van der Waals surface area contributed by atoms with Gasteiger partial charge in [-0.25, -0.2) is 0 Å². The lowest BCUT2D eigenvalue weighted by molar-refractivity contribution is -0.122. The quantitative estimate of drug-likeness (QED) is 0.774. The van der Waals surface area contributed by atoms with Gasteiger partial charge >= 0.3 is 0 Å². The predicted molar refractivity (Wildman–Crippen MR) is 73.0 cm³/mol. The van der Waals surface area contributed by atoms with Crippen LogP contribution in [0.4, 0.5) is 0 Å². The fourth-order valence-corrected chi connectivity index (χ4v) is 2.66. The molecular formula is C15H21NO3. The molecule has 0 bridgehead atoms. The number of amides is 1. The molecule has 1 fully saturated rings. The molecule has 0 aromatic heterocycles. The Kier molecular flexibility index (Phi) is 4.10. The zero-order valence-corrected chi connectivity index (χ0v) is 11.3. The largest absolute Gasteiger partial charge is 0.508 e. The highest BCUT2D eigenvalue weighted by molar-refractivity contribution is 5.79. The summed E-state index contributed by atoms with van der Waals surface area (Å²) in [5.74, 6) is 0.113. The number of carbonyl (C=O) groups excluding carboxylic acids is 1. The second-order valence-corrected chi connectivity index (χ2v) is 5.49. The van der Waals surface area contributed by atoms with Crippen LogP contribution in [0.1, 0.15) is 36.8 Å². The average Bonchev–Trinajstić information content (AvgIpc) is 2.83. The Morgan fingerprint density at radius 2 is 2.05 bits per heavy atom. The summed E-state index contributed by atoms with van der Waals surface area (Å²) in [6.07, 6.45) is 4.01. The minimum Gasteiger partial charge on any atom is -0.508 e. The second-order valence-electron chi connectivity index (χ2n) is 5.49. The average molecular weight is 263 g/mol. The van der Waals surface area contributed by atoms with Crippen molar-refractivity contribution in [3.63, 3.8) is 0 Å². The normalized spacial score (nSPS) is 17.4. The Hall–Kier alpha value is -1.55. The van der Waals surface area contributed by atoms with Crippen LogP contribution in [-0.4, -0.2) is 28.3 Å². The van der Waals surface area contributed by atoms with Crippen molar-refractivity contribution < 1.29 is 15.0 Å². The number of benzene rings is 1. The lowest BCUT2D eigenvalue weighted by Crippen LogP contribution is -2.49. The summed E-state index contributed by atoms with van der Waals surface area (Å²) in [7, 11) is 0. The summed E-state index contributed by atoms with van der Waals surface area (Å²) in [4.78, 5) is 12.0. The number of hydrogen-bond donors (Lipinski definition) is 3. The molecule has 0 radical (unpaired) electrons. The van der Waals surface area contributed by atoms with Gasteiger partial charge in [-0.3, -0.25) is 4.79 Å². The summed E-state index contributed by atoms with van der Waals surface area (Å²) in [5.41, 5.74) is 1.16. The summed E-state index contributed by atoms with van der Waals surface area (Å²) in [6, 6.07) is 5.26. The molecule has 1 amide bonds. The SMILES string of the molecule is Cc1ccc(CC(=O)NC2(CO)CCCC2)cc1O. The minimum atomic E-state index is -0.427. The monoisotopic (exact) mass is 263 g/mol. The molecular weight excluding hydrogens is 242 g/mol. The summed E-state index contributed by atoms with van der Waals surface area (Å²) in [5, 5.41) is 22.0. The Bertz CT molecular complexity index is 464. The van der Waals surface area contributed by atoms with Gasteiger partial charge in [-0.15, -0.1) is 0 Å². The number of phenolic OH excluding ortho intramolecular Hbond substituents is 1. The van der Waals surface area contributed by atoms with Crippen LogP contribution in [0, 0.1) is 6.92 Å². The first-order valence-corrected chi connectivity index (χ1v) is 6.75. The van der Waals surface area contributed by atoms with E-state index in [9.17, 15) is 15.0 Å². The third-order valence-corrected chi connectivity index (χ3v) is 3.91. The number of aromatic hydroxyl groups is 1. The van der Waals surface area contributed by atoms with Gasteiger partial charge in [0.25, 0.3) is 0 Å². The van der Waals surface area contributed by atoms with Crippen LogP contribution in [0.3, 0.4) is 0 Å². The lowest BCUT2D eigenvalue weighted by atomic mass is 9.98. The molecule has 3 N–H and O–H groups in total. The van der Waals surface area contributed by atoms with Gasteiger partial charge < -0.3 is 15.5 Å². The van der Waals surface area contributed by atoms with E-state index < -0.39 is 5.54 Å². The van der Waals surface area contributed by atoms with E-state index >= 15 is 0 Å². The molecule has 1 saturated carbocycles. The van der Waals surface area contributed by atoms with Crippen LogP contribution in [0.25, 0.3) is 0 Å². The van der Waals surface area contributed by atoms with Gasteiger partial charge in [-0.1, -0.05) is 25.0 Å². The second kappa shape index (κ2) is 5.61. The van der Waals surface area contributed by atoms with Crippen molar-refractivity contribution in [1.82, 2.24) is 5.32 Å². The van der Waals surface area contributed by atoms with E-state index in [0.29, 0.717) is 0 Å². The molecule has 2 rings (SSSR count). The fraction of sp³-hybridized carbons (Fsp3) is 0.533. The first-order chi connectivity index (χ1) is 9.04. The van der Waals surface area contributed by atoms with Crippen molar-refractivity contribution in [3.05, 3.63) is 29.3 Å². The van der Waals surface area contributed by atoms with Gasteiger partial charge in [-0.2, -0.15) is 0 Å². The first-order valence-electron chi connectivity index (χ1n) is 6.75. The van der Waals surface area contributed by atoms with E-state index in [1.54, 1.807) is 12.1 Å². The van der Waals surface area contributed by atoms with E-state index in [2.05, 4.69) is 5.32 Å². The van der Waals surface area contributed by atoms with Crippen molar-refractivity contribution in [3.8, 4) is 5.75 Å². The van der Waals surface area contributed by atoms with Crippen molar-refractivity contribution in [2.24, 2.45) is 0 Å². The highest BCUT2D eigenvalue weighted by atomic mass is 16.3. The zero-order chi connectivity index (χ0) is 13.9. The topological polar surface area (TPSA) is 69.6 Å². The number of aliphatic hydroxyl groups is 1. The minimum absolute atomic E-state index is 0.00210. The first kappa shape index (κ1) is 13.9. The zero-order valence-electron chi connectivity index (χ0n) is 11.3. The maximum absolute atomic E-state index is 12.0. The highest BCUT2D eigenvalue weighted by Gasteiger charge is 2.34. The fourth-order valence-electron chi connectivity index (χ4n) is 2.66. The molecule has 0 spiro atoms. The van der Waals surface area contributed by atoms with Crippen LogP contribution in [0.15, 0.2) is 18.2 Å². The molecule has 0 atom stereocenters.